The number of aliphatic hydroxyl groups is 1. The summed E-state index contributed by atoms with van der Waals surface area (Å²) in [6.45, 7) is 6.45. The fourth-order valence-electron chi connectivity index (χ4n) is 2.11. The number of unbranched alkanes of at least 4 members (excludes halogenated alkanes) is 1. The highest BCUT2D eigenvalue weighted by molar-refractivity contribution is 5.75. The zero-order valence-electron chi connectivity index (χ0n) is 12.4. The van der Waals surface area contributed by atoms with Gasteiger partial charge in [0.15, 0.2) is 0 Å². The second-order valence-corrected chi connectivity index (χ2v) is 5.15. The molecule has 0 radical (unpaired) electrons. The van der Waals surface area contributed by atoms with Crippen LogP contribution in [0.2, 0.25) is 0 Å². The van der Waals surface area contributed by atoms with Gasteiger partial charge in [0.05, 0.1) is 12.5 Å². The average Bonchev–Trinajstić information content (AvgIpc) is 2.45. The van der Waals surface area contributed by atoms with Crippen LogP contribution >= 0.6 is 0 Å². The molecule has 0 spiro atoms. The number of hydrogen-bond donors (Lipinski definition) is 2. The van der Waals surface area contributed by atoms with E-state index in [0.29, 0.717) is 6.54 Å². The van der Waals surface area contributed by atoms with Gasteiger partial charge in [-0.2, -0.15) is 0 Å². The summed E-state index contributed by atoms with van der Waals surface area (Å²) >= 11 is 0. The first-order chi connectivity index (χ1) is 9.58. The monoisotopic (exact) mass is 279 g/mol. The lowest BCUT2D eigenvalue weighted by Crippen LogP contribution is -2.27. The van der Waals surface area contributed by atoms with E-state index < -0.39 is 11.9 Å². The third kappa shape index (κ3) is 5.31. The van der Waals surface area contributed by atoms with Crippen molar-refractivity contribution in [3.63, 3.8) is 0 Å². The largest absolute Gasteiger partial charge is 0.481 e. The van der Waals surface area contributed by atoms with Gasteiger partial charge in [0.1, 0.15) is 0 Å². The number of nitrogens with zero attached hydrogens (tertiary/aromatic N) is 1. The summed E-state index contributed by atoms with van der Waals surface area (Å²) in [6, 6.07) is 7.71. The third-order valence-electron chi connectivity index (χ3n) is 3.50. The van der Waals surface area contributed by atoms with E-state index in [-0.39, 0.29) is 6.61 Å². The number of carboxylic acid groups (broad SMARTS) is 1. The van der Waals surface area contributed by atoms with Crippen LogP contribution in [0, 0.1) is 0 Å². The van der Waals surface area contributed by atoms with Crippen molar-refractivity contribution in [1.82, 2.24) is 4.90 Å². The summed E-state index contributed by atoms with van der Waals surface area (Å²) in [4.78, 5) is 13.2. The molecular weight excluding hydrogens is 254 g/mol. The molecule has 1 aromatic rings. The number of aliphatic hydroxyl groups excluding tert-OH is 1. The average molecular weight is 279 g/mol. The van der Waals surface area contributed by atoms with Crippen molar-refractivity contribution in [2.75, 3.05) is 19.7 Å². The Morgan fingerprint density at radius 3 is 2.40 bits per heavy atom. The molecule has 0 saturated heterocycles. The number of benzene rings is 1. The molecule has 0 aliphatic heterocycles. The van der Waals surface area contributed by atoms with Gasteiger partial charge in [-0.25, -0.2) is 0 Å². The molecule has 1 aromatic carbocycles. The molecule has 2 N–H and O–H groups in total. The van der Waals surface area contributed by atoms with Crippen LogP contribution in [-0.2, 0) is 11.3 Å². The highest BCUT2D eigenvalue weighted by Crippen LogP contribution is 2.17. The van der Waals surface area contributed by atoms with Gasteiger partial charge in [-0.15, -0.1) is 0 Å². The van der Waals surface area contributed by atoms with Crippen molar-refractivity contribution in [1.29, 1.82) is 0 Å². The lowest BCUT2D eigenvalue weighted by molar-refractivity contribution is -0.138. The Hall–Kier alpha value is -1.39. The van der Waals surface area contributed by atoms with Crippen LogP contribution < -0.4 is 0 Å². The number of carbonyl (C=O) groups is 1. The molecule has 0 bridgehead atoms. The number of aliphatic carboxylic acids is 1. The Morgan fingerprint density at radius 2 is 1.90 bits per heavy atom. The van der Waals surface area contributed by atoms with Crippen LogP contribution in [0.5, 0.6) is 0 Å². The molecular formula is C16H25NO3. The molecule has 0 aliphatic carbocycles. The minimum atomic E-state index is -0.803. The standard InChI is InChI=1S/C16H25NO3/c1-3-4-9-17(10-11-18)12-14-5-7-15(8-6-14)13(2)16(19)20/h5-8,13,18H,3-4,9-12H2,1-2H3,(H,19,20). The fourth-order valence-corrected chi connectivity index (χ4v) is 2.11. The molecule has 20 heavy (non-hydrogen) atoms. The van der Waals surface area contributed by atoms with Crippen LogP contribution in [0.4, 0.5) is 0 Å². The van der Waals surface area contributed by atoms with Crippen molar-refractivity contribution in [3.8, 4) is 0 Å². The summed E-state index contributed by atoms with van der Waals surface area (Å²) in [6.07, 6.45) is 2.26. The molecule has 4 heteroatoms. The Bertz CT molecular complexity index is 403. The van der Waals surface area contributed by atoms with Crippen molar-refractivity contribution in [3.05, 3.63) is 35.4 Å². The lowest BCUT2D eigenvalue weighted by atomic mass is 10.00. The molecule has 0 saturated carbocycles. The van der Waals surface area contributed by atoms with E-state index in [2.05, 4.69) is 11.8 Å². The van der Waals surface area contributed by atoms with Gasteiger partial charge in [-0.1, -0.05) is 37.6 Å². The highest BCUT2D eigenvalue weighted by Gasteiger charge is 2.13. The molecule has 0 amide bonds. The Labute approximate surface area is 121 Å². The van der Waals surface area contributed by atoms with Gasteiger partial charge >= 0.3 is 5.97 Å². The Morgan fingerprint density at radius 1 is 1.25 bits per heavy atom. The van der Waals surface area contributed by atoms with E-state index in [1.807, 2.05) is 24.3 Å². The van der Waals surface area contributed by atoms with Crippen LogP contribution in [0.15, 0.2) is 24.3 Å². The maximum absolute atomic E-state index is 10.9. The zero-order valence-corrected chi connectivity index (χ0v) is 12.4. The third-order valence-corrected chi connectivity index (χ3v) is 3.50. The minimum absolute atomic E-state index is 0.165. The Balaban J connectivity index is 2.64. The van der Waals surface area contributed by atoms with Gasteiger partial charge in [0.25, 0.3) is 0 Å². The number of carboxylic acids is 1. The number of hydrogen-bond acceptors (Lipinski definition) is 3. The second-order valence-electron chi connectivity index (χ2n) is 5.15. The maximum Gasteiger partial charge on any atom is 0.310 e. The van der Waals surface area contributed by atoms with E-state index in [4.69, 9.17) is 10.2 Å². The topological polar surface area (TPSA) is 60.8 Å². The fraction of sp³-hybridized carbons (Fsp3) is 0.562. The SMILES string of the molecule is CCCCN(CCO)Cc1ccc(C(C)C(=O)O)cc1. The van der Waals surface area contributed by atoms with E-state index in [1.54, 1.807) is 6.92 Å². The van der Waals surface area contributed by atoms with Gasteiger partial charge in [-0.05, 0) is 31.0 Å². The molecule has 0 fully saturated rings. The first-order valence-electron chi connectivity index (χ1n) is 7.23. The predicted molar refractivity (Wildman–Crippen MR) is 79.8 cm³/mol. The van der Waals surface area contributed by atoms with Crippen LogP contribution in [0.25, 0.3) is 0 Å². The normalized spacial score (nSPS) is 12.6. The molecule has 0 heterocycles. The van der Waals surface area contributed by atoms with E-state index in [9.17, 15) is 4.79 Å². The van der Waals surface area contributed by atoms with E-state index >= 15 is 0 Å². The van der Waals surface area contributed by atoms with Gasteiger partial charge in [-0.3, -0.25) is 9.69 Å². The molecule has 112 valence electrons. The summed E-state index contributed by atoms with van der Waals surface area (Å²) in [5, 5.41) is 18.1. The molecule has 0 aromatic heterocycles. The number of rotatable bonds is 9. The van der Waals surface area contributed by atoms with Crippen molar-refractivity contribution >= 4 is 5.97 Å². The first-order valence-corrected chi connectivity index (χ1v) is 7.23. The summed E-state index contributed by atoms with van der Waals surface area (Å²) in [7, 11) is 0. The summed E-state index contributed by atoms with van der Waals surface area (Å²) in [5.41, 5.74) is 1.97. The first kappa shape index (κ1) is 16.7. The van der Waals surface area contributed by atoms with Crippen molar-refractivity contribution in [2.45, 2.75) is 39.2 Å². The highest BCUT2D eigenvalue weighted by atomic mass is 16.4. The molecule has 1 unspecified atom stereocenters. The maximum atomic E-state index is 10.9. The molecule has 4 nitrogen and oxygen atoms in total. The second kappa shape index (κ2) is 8.72. The van der Waals surface area contributed by atoms with E-state index in [0.717, 1.165) is 37.1 Å². The molecule has 1 rings (SSSR count). The van der Waals surface area contributed by atoms with Crippen molar-refractivity contribution in [2.24, 2.45) is 0 Å². The zero-order chi connectivity index (χ0) is 15.0. The predicted octanol–water partition coefficient (Wildman–Crippen LogP) is 2.47. The molecule has 0 aliphatic rings. The van der Waals surface area contributed by atoms with Gasteiger partial charge < -0.3 is 10.2 Å². The lowest BCUT2D eigenvalue weighted by Gasteiger charge is -2.21. The summed E-state index contributed by atoms with van der Waals surface area (Å²) in [5.74, 6) is -1.28. The Kier molecular flexibility index (Phi) is 7.26. The minimum Gasteiger partial charge on any atom is -0.481 e. The summed E-state index contributed by atoms with van der Waals surface area (Å²) < 4.78 is 0. The van der Waals surface area contributed by atoms with Crippen LogP contribution in [0.3, 0.4) is 0 Å². The van der Waals surface area contributed by atoms with E-state index in [1.165, 1.54) is 0 Å². The van der Waals surface area contributed by atoms with Crippen molar-refractivity contribution < 1.29 is 15.0 Å². The van der Waals surface area contributed by atoms with Crippen LogP contribution in [-0.4, -0.2) is 40.8 Å². The smallest absolute Gasteiger partial charge is 0.310 e. The quantitative estimate of drug-likeness (QED) is 0.729. The molecule has 1 atom stereocenters. The van der Waals surface area contributed by atoms with Gasteiger partial charge in [0.2, 0.25) is 0 Å². The van der Waals surface area contributed by atoms with Gasteiger partial charge in [0, 0.05) is 13.1 Å². The van der Waals surface area contributed by atoms with Crippen LogP contribution in [0.1, 0.15) is 43.7 Å².